The minimum Gasteiger partial charge on any atom is -0.333 e. The average Bonchev–Trinajstić information content (AvgIpc) is 2.37. The maximum absolute atomic E-state index is 12.4. The highest BCUT2D eigenvalue weighted by Gasteiger charge is 2.23. The van der Waals surface area contributed by atoms with Crippen molar-refractivity contribution in [2.45, 2.75) is 18.7 Å². The Morgan fingerprint density at radius 3 is 2.48 bits per heavy atom. The molecule has 1 aliphatic heterocycles. The molecule has 1 fully saturated rings. The summed E-state index contributed by atoms with van der Waals surface area (Å²) >= 11 is 0. The number of carbonyl (C=O) groups is 1. The molecule has 1 saturated heterocycles. The molecule has 0 radical (unpaired) electrons. The van der Waals surface area contributed by atoms with Gasteiger partial charge >= 0.3 is 0 Å². The van der Waals surface area contributed by atoms with Gasteiger partial charge < -0.3 is 10.2 Å². The van der Waals surface area contributed by atoms with Gasteiger partial charge in [-0.2, -0.15) is 0 Å². The molecule has 0 aromatic heterocycles. The average molecular weight is 333 g/mol. The molecular weight excluding hydrogens is 312 g/mol. The van der Waals surface area contributed by atoms with Crippen molar-refractivity contribution < 1.29 is 13.2 Å². The minimum absolute atomic E-state index is 0. The maximum Gasteiger partial charge on any atom is 0.254 e. The fourth-order valence-corrected chi connectivity index (χ4v) is 3.15. The van der Waals surface area contributed by atoms with Gasteiger partial charge in [0.15, 0.2) is 9.84 Å². The van der Waals surface area contributed by atoms with E-state index in [0.29, 0.717) is 17.7 Å². The molecule has 1 N–H and O–H groups in total. The van der Waals surface area contributed by atoms with Gasteiger partial charge in [0.1, 0.15) is 0 Å². The van der Waals surface area contributed by atoms with Crippen molar-refractivity contribution in [2.24, 2.45) is 0 Å². The van der Waals surface area contributed by atoms with Gasteiger partial charge in [-0.3, -0.25) is 4.79 Å². The van der Waals surface area contributed by atoms with Crippen LogP contribution in [0.3, 0.4) is 0 Å². The first-order valence-corrected chi connectivity index (χ1v) is 8.71. The minimum atomic E-state index is -3.04. The first-order valence-electron chi connectivity index (χ1n) is 6.65. The zero-order valence-electron chi connectivity index (χ0n) is 12.2. The third-order valence-corrected chi connectivity index (χ3v) is 4.25. The van der Waals surface area contributed by atoms with Crippen LogP contribution in [0.15, 0.2) is 24.3 Å². The summed E-state index contributed by atoms with van der Waals surface area (Å²) in [5.41, 5.74) is 1.31. The number of amides is 1. The molecule has 0 spiro atoms. The van der Waals surface area contributed by atoms with Crippen LogP contribution in [0.2, 0.25) is 0 Å². The summed E-state index contributed by atoms with van der Waals surface area (Å²) in [6.07, 6.45) is 1.20. The molecule has 2 rings (SSSR count). The molecule has 0 aliphatic carbocycles. The van der Waals surface area contributed by atoms with E-state index in [0.717, 1.165) is 13.1 Å². The number of piperazine rings is 1. The van der Waals surface area contributed by atoms with Gasteiger partial charge in [0.25, 0.3) is 5.91 Å². The molecule has 1 amide bonds. The van der Waals surface area contributed by atoms with Gasteiger partial charge in [-0.05, 0) is 24.6 Å². The lowest BCUT2D eigenvalue weighted by molar-refractivity contribution is 0.0656. The van der Waals surface area contributed by atoms with Crippen LogP contribution >= 0.6 is 12.4 Å². The first-order chi connectivity index (χ1) is 9.37. The number of nitrogens with one attached hydrogen (secondary N) is 1. The summed E-state index contributed by atoms with van der Waals surface area (Å²) in [6, 6.07) is 7.00. The van der Waals surface area contributed by atoms with Crippen LogP contribution in [0.1, 0.15) is 22.8 Å². The van der Waals surface area contributed by atoms with Crippen molar-refractivity contribution in [1.29, 1.82) is 0 Å². The van der Waals surface area contributed by atoms with Gasteiger partial charge in [-0.15, -0.1) is 12.4 Å². The lowest BCUT2D eigenvalue weighted by atomic mass is 10.1. The van der Waals surface area contributed by atoms with E-state index in [1.165, 1.54) is 6.26 Å². The molecular formula is C14H21ClN2O3S. The third-order valence-electron chi connectivity index (χ3n) is 3.39. The van der Waals surface area contributed by atoms with Crippen molar-refractivity contribution in [3.63, 3.8) is 0 Å². The Morgan fingerprint density at radius 2 is 1.95 bits per heavy atom. The topological polar surface area (TPSA) is 66.5 Å². The molecule has 1 aromatic carbocycles. The number of sulfone groups is 1. The molecule has 21 heavy (non-hydrogen) atoms. The van der Waals surface area contributed by atoms with Crippen LogP contribution in [-0.2, 0) is 15.6 Å². The van der Waals surface area contributed by atoms with E-state index in [-0.39, 0.29) is 30.1 Å². The summed E-state index contributed by atoms with van der Waals surface area (Å²) in [4.78, 5) is 14.2. The van der Waals surface area contributed by atoms with E-state index in [9.17, 15) is 13.2 Å². The number of hydrogen-bond acceptors (Lipinski definition) is 4. The smallest absolute Gasteiger partial charge is 0.254 e. The van der Waals surface area contributed by atoms with Crippen molar-refractivity contribution in [3.05, 3.63) is 35.4 Å². The molecule has 118 valence electrons. The maximum atomic E-state index is 12.4. The molecule has 5 nitrogen and oxygen atoms in total. The van der Waals surface area contributed by atoms with Gasteiger partial charge in [-0.25, -0.2) is 8.42 Å². The van der Waals surface area contributed by atoms with Crippen molar-refractivity contribution >= 4 is 28.2 Å². The number of halogens is 1. The second-order valence-electron chi connectivity index (χ2n) is 5.32. The second-order valence-corrected chi connectivity index (χ2v) is 7.46. The summed E-state index contributed by atoms with van der Waals surface area (Å²) in [6.45, 7) is 4.33. The van der Waals surface area contributed by atoms with Crippen LogP contribution in [-0.4, -0.2) is 51.2 Å². The highest BCUT2D eigenvalue weighted by molar-refractivity contribution is 7.89. The molecule has 7 heteroatoms. The summed E-state index contributed by atoms with van der Waals surface area (Å²) < 4.78 is 22.5. The molecule has 1 aliphatic rings. The Bertz CT molecular complexity index is 587. The van der Waals surface area contributed by atoms with E-state index >= 15 is 0 Å². The Morgan fingerprint density at radius 1 is 1.33 bits per heavy atom. The van der Waals surface area contributed by atoms with Crippen LogP contribution in [0, 0.1) is 0 Å². The Balaban J connectivity index is 0.00000220. The molecule has 0 saturated carbocycles. The van der Waals surface area contributed by atoms with Crippen LogP contribution in [0.25, 0.3) is 0 Å². The summed E-state index contributed by atoms with van der Waals surface area (Å²) in [5.74, 6) is 0.0100. The molecule has 0 bridgehead atoms. The summed E-state index contributed by atoms with van der Waals surface area (Å²) in [7, 11) is -3.04. The lowest BCUT2D eigenvalue weighted by Crippen LogP contribution is -2.52. The lowest BCUT2D eigenvalue weighted by Gasteiger charge is -2.34. The van der Waals surface area contributed by atoms with E-state index < -0.39 is 9.84 Å². The highest BCUT2D eigenvalue weighted by Crippen LogP contribution is 2.13. The number of hydrogen-bond donors (Lipinski definition) is 1. The number of carbonyl (C=O) groups excluding carboxylic acids is 1. The zero-order valence-corrected chi connectivity index (χ0v) is 13.8. The zero-order chi connectivity index (χ0) is 14.8. The predicted octanol–water partition coefficient (Wildman–Crippen LogP) is 1.09. The van der Waals surface area contributed by atoms with Crippen molar-refractivity contribution in [2.75, 3.05) is 25.9 Å². The quantitative estimate of drug-likeness (QED) is 0.899. The normalized spacial score (nSPS) is 19.0. The summed E-state index contributed by atoms with van der Waals surface area (Å²) in [5, 5.41) is 3.25. The Labute approximate surface area is 132 Å². The van der Waals surface area contributed by atoms with E-state index in [1.807, 2.05) is 11.8 Å². The molecule has 1 aromatic rings. The largest absolute Gasteiger partial charge is 0.333 e. The highest BCUT2D eigenvalue weighted by atomic mass is 35.5. The third kappa shape index (κ3) is 4.98. The van der Waals surface area contributed by atoms with E-state index in [2.05, 4.69) is 5.32 Å². The standard InChI is InChI=1S/C14H20N2O3S.ClH/c1-11-9-15-7-8-16(11)14(17)13-5-3-12(4-6-13)10-20(2,18)19;/h3-6,11,15H,7-10H2,1-2H3;1H/t11-;/m0./s1. The fraction of sp³-hybridized carbons (Fsp3) is 0.500. The second kappa shape index (κ2) is 7.24. The number of rotatable bonds is 3. The first kappa shape index (κ1) is 17.9. The molecule has 0 unspecified atom stereocenters. The van der Waals surface area contributed by atoms with Gasteiger partial charge in [0, 0.05) is 37.5 Å². The predicted molar refractivity (Wildman–Crippen MR) is 85.6 cm³/mol. The number of benzene rings is 1. The van der Waals surface area contributed by atoms with Crippen molar-refractivity contribution in [1.82, 2.24) is 10.2 Å². The fourth-order valence-electron chi connectivity index (χ4n) is 2.35. The van der Waals surface area contributed by atoms with E-state index in [1.54, 1.807) is 24.3 Å². The van der Waals surface area contributed by atoms with E-state index in [4.69, 9.17) is 0 Å². The SMILES string of the molecule is C[C@H]1CNCCN1C(=O)c1ccc(CS(C)(=O)=O)cc1.Cl. The molecule has 1 heterocycles. The van der Waals surface area contributed by atoms with Gasteiger partial charge in [0.05, 0.1) is 5.75 Å². The Kier molecular flexibility index (Phi) is 6.19. The van der Waals surface area contributed by atoms with Crippen molar-refractivity contribution in [3.8, 4) is 0 Å². The Hall–Kier alpha value is -1.11. The van der Waals surface area contributed by atoms with Gasteiger partial charge in [0.2, 0.25) is 0 Å². The molecule has 1 atom stereocenters. The van der Waals surface area contributed by atoms with Gasteiger partial charge in [-0.1, -0.05) is 12.1 Å². The van der Waals surface area contributed by atoms with Crippen LogP contribution in [0.4, 0.5) is 0 Å². The number of nitrogens with zero attached hydrogens (tertiary/aromatic N) is 1. The van der Waals surface area contributed by atoms with Crippen LogP contribution < -0.4 is 5.32 Å². The monoisotopic (exact) mass is 332 g/mol. The van der Waals surface area contributed by atoms with Crippen LogP contribution in [0.5, 0.6) is 0 Å².